The van der Waals surface area contributed by atoms with E-state index in [-0.39, 0.29) is 0 Å². The molecule has 0 bridgehead atoms. The maximum absolute atomic E-state index is 8.48. The molecular formula is C8H16O. The second kappa shape index (κ2) is 5.83. The Morgan fingerprint density at radius 2 is 2.22 bits per heavy atom. The molecule has 0 spiro atoms. The summed E-state index contributed by atoms with van der Waals surface area (Å²) in [7, 11) is 0. The molecule has 0 amide bonds. The van der Waals surface area contributed by atoms with Gasteiger partial charge in [0.2, 0.25) is 0 Å². The lowest BCUT2D eigenvalue weighted by Crippen LogP contribution is -1.85. The molecule has 0 radical (unpaired) electrons. The topological polar surface area (TPSA) is 20.2 Å². The van der Waals surface area contributed by atoms with E-state index < -0.39 is 0 Å². The second-order valence-corrected chi connectivity index (χ2v) is 2.13. The molecule has 1 nitrogen and oxygen atoms in total. The molecule has 0 saturated carbocycles. The summed E-state index contributed by atoms with van der Waals surface area (Å²) < 4.78 is 0. The predicted molar refractivity (Wildman–Crippen MR) is 40.4 cm³/mol. The first kappa shape index (κ1) is 8.70. The van der Waals surface area contributed by atoms with E-state index in [2.05, 4.69) is 19.9 Å². The Hall–Kier alpha value is -0.300. The summed E-state index contributed by atoms with van der Waals surface area (Å²) in [6, 6.07) is 0. The van der Waals surface area contributed by atoms with E-state index in [9.17, 15) is 0 Å². The van der Waals surface area contributed by atoms with Crippen LogP contribution in [0.3, 0.4) is 0 Å². The van der Waals surface area contributed by atoms with Crippen molar-refractivity contribution in [3.63, 3.8) is 0 Å². The Kier molecular flexibility index (Phi) is 5.64. The molecule has 0 aliphatic carbocycles. The molecule has 0 aromatic heterocycles. The van der Waals surface area contributed by atoms with E-state index in [1.807, 2.05) is 0 Å². The van der Waals surface area contributed by atoms with E-state index in [1.54, 1.807) is 0 Å². The molecule has 1 heteroatoms. The van der Waals surface area contributed by atoms with E-state index in [0.29, 0.717) is 6.61 Å². The number of aliphatic hydroxyl groups is 1. The molecule has 0 unspecified atom stereocenters. The summed E-state index contributed by atoms with van der Waals surface area (Å²) in [5.41, 5.74) is 1.45. The van der Waals surface area contributed by atoms with Crippen LogP contribution in [0.4, 0.5) is 0 Å². The van der Waals surface area contributed by atoms with Crippen LogP contribution in [-0.4, -0.2) is 11.7 Å². The molecule has 0 rings (SSSR count). The van der Waals surface area contributed by atoms with Crippen LogP contribution in [0.5, 0.6) is 0 Å². The van der Waals surface area contributed by atoms with E-state index >= 15 is 0 Å². The number of hydrogen-bond acceptors (Lipinski definition) is 1. The van der Waals surface area contributed by atoms with Gasteiger partial charge in [0.05, 0.1) is 0 Å². The first-order chi connectivity index (χ1) is 4.35. The fourth-order valence-corrected chi connectivity index (χ4v) is 0.831. The zero-order chi connectivity index (χ0) is 7.11. The van der Waals surface area contributed by atoms with Crippen LogP contribution >= 0.6 is 0 Å². The van der Waals surface area contributed by atoms with Crippen LogP contribution in [0.15, 0.2) is 11.6 Å². The van der Waals surface area contributed by atoms with Crippen LogP contribution in [0.25, 0.3) is 0 Å². The van der Waals surface area contributed by atoms with Crippen molar-refractivity contribution < 1.29 is 5.11 Å². The fraction of sp³-hybridized carbons (Fsp3) is 0.750. The van der Waals surface area contributed by atoms with Crippen LogP contribution in [0.1, 0.15) is 33.1 Å². The summed E-state index contributed by atoms with van der Waals surface area (Å²) >= 11 is 0. The Morgan fingerprint density at radius 3 is 2.56 bits per heavy atom. The van der Waals surface area contributed by atoms with Gasteiger partial charge in [-0.2, -0.15) is 0 Å². The largest absolute Gasteiger partial charge is 0.396 e. The summed E-state index contributed by atoms with van der Waals surface area (Å²) in [5, 5.41) is 8.48. The highest BCUT2D eigenvalue weighted by Gasteiger charge is 1.89. The third-order valence-electron chi connectivity index (χ3n) is 1.52. The van der Waals surface area contributed by atoms with Gasteiger partial charge in [-0.05, 0) is 26.2 Å². The van der Waals surface area contributed by atoms with Crippen LogP contribution in [0, 0.1) is 0 Å². The lowest BCUT2D eigenvalue weighted by Gasteiger charge is -1.99. The molecule has 9 heavy (non-hydrogen) atoms. The minimum Gasteiger partial charge on any atom is -0.396 e. The predicted octanol–water partition coefficient (Wildman–Crippen LogP) is 2.12. The molecule has 0 aromatic carbocycles. The van der Waals surface area contributed by atoms with Gasteiger partial charge in [-0.25, -0.2) is 0 Å². The molecule has 0 fully saturated rings. The molecule has 0 heterocycles. The average Bonchev–Trinajstić information content (AvgIpc) is 1.91. The monoisotopic (exact) mass is 128 g/mol. The van der Waals surface area contributed by atoms with Gasteiger partial charge in [0.25, 0.3) is 0 Å². The van der Waals surface area contributed by atoms with E-state index in [4.69, 9.17) is 5.11 Å². The van der Waals surface area contributed by atoms with Gasteiger partial charge < -0.3 is 5.11 Å². The van der Waals surface area contributed by atoms with Crippen molar-refractivity contribution in [1.29, 1.82) is 0 Å². The maximum Gasteiger partial charge on any atom is 0.0434 e. The Labute approximate surface area is 57.4 Å². The minimum absolute atomic E-state index is 0.317. The zero-order valence-electron chi connectivity index (χ0n) is 6.35. The lowest BCUT2D eigenvalue weighted by molar-refractivity contribution is 0.288. The van der Waals surface area contributed by atoms with Gasteiger partial charge in [-0.3, -0.25) is 0 Å². The molecule has 0 aliphatic heterocycles. The van der Waals surface area contributed by atoms with Gasteiger partial charge in [-0.1, -0.05) is 18.6 Å². The first-order valence-corrected chi connectivity index (χ1v) is 3.60. The first-order valence-electron chi connectivity index (χ1n) is 3.60. The third kappa shape index (κ3) is 4.22. The van der Waals surface area contributed by atoms with Gasteiger partial charge in [0.15, 0.2) is 0 Å². The highest BCUT2D eigenvalue weighted by molar-refractivity contribution is 4.98. The van der Waals surface area contributed by atoms with Crippen molar-refractivity contribution in [3.8, 4) is 0 Å². The Morgan fingerprint density at radius 1 is 1.56 bits per heavy atom. The van der Waals surface area contributed by atoms with Crippen LogP contribution in [-0.2, 0) is 0 Å². The van der Waals surface area contributed by atoms with E-state index in [1.165, 1.54) is 5.57 Å². The van der Waals surface area contributed by atoms with Crippen LogP contribution < -0.4 is 0 Å². The van der Waals surface area contributed by atoms with Gasteiger partial charge in [-0.15, -0.1) is 0 Å². The minimum atomic E-state index is 0.317. The zero-order valence-corrected chi connectivity index (χ0v) is 6.35. The number of rotatable bonds is 4. The van der Waals surface area contributed by atoms with E-state index in [0.717, 1.165) is 19.3 Å². The van der Waals surface area contributed by atoms with Crippen molar-refractivity contribution in [3.05, 3.63) is 11.6 Å². The molecule has 54 valence electrons. The summed E-state index contributed by atoms with van der Waals surface area (Å²) in [4.78, 5) is 0. The van der Waals surface area contributed by atoms with Gasteiger partial charge >= 0.3 is 0 Å². The summed E-state index contributed by atoms with van der Waals surface area (Å²) in [6.07, 6.45) is 5.23. The Bertz CT molecular complexity index is 84.6. The van der Waals surface area contributed by atoms with Gasteiger partial charge in [0.1, 0.15) is 0 Å². The number of allylic oxidation sites excluding steroid dienone is 2. The highest BCUT2D eigenvalue weighted by Crippen LogP contribution is 2.07. The lowest BCUT2D eigenvalue weighted by atomic mass is 10.1. The van der Waals surface area contributed by atoms with Crippen LogP contribution in [0.2, 0.25) is 0 Å². The molecule has 1 N–H and O–H groups in total. The average molecular weight is 128 g/mol. The molecular weight excluding hydrogens is 112 g/mol. The molecule has 0 aromatic rings. The van der Waals surface area contributed by atoms with Gasteiger partial charge in [0, 0.05) is 6.61 Å². The molecule has 0 aliphatic rings. The fourth-order valence-electron chi connectivity index (χ4n) is 0.831. The normalized spacial score (nSPS) is 12.1. The second-order valence-electron chi connectivity index (χ2n) is 2.13. The highest BCUT2D eigenvalue weighted by atomic mass is 16.2. The van der Waals surface area contributed by atoms with Crippen molar-refractivity contribution in [2.75, 3.05) is 6.61 Å². The number of aliphatic hydroxyl groups excluding tert-OH is 1. The number of hydrogen-bond donors (Lipinski definition) is 1. The maximum atomic E-state index is 8.48. The SMILES string of the molecule is C/C=C(\CC)CCCO. The smallest absolute Gasteiger partial charge is 0.0434 e. The standard InChI is InChI=1S/C8H16O/c1-3-8(4-2)6-5-7-9/h3,9H,4-7H2,1-2H3/b8-3+. The molecule has 0 saturated heterocycles. The quantitative estimate of drug-likeness (QED) is 0.575. The summed E-state index contributed by atoms with van der Waals surface area (Å²) in [6.45, 7) is 4.51. The van der Waals surface area contributed by atoms with Crippen molar-refractivity contribution in [2.45, 2.75) is 33.1 Å². The van der Waals surface area contributed by atoms with Crippen molar-refractivity contribution in [1.82, 2.24) is 0 Å². The van der Waals surface area contributed by atoms with Crippen molar-refractivity contribution >= 4 is 0 Å². The van der Waals surface area contributed by atoms with Crippen molar-refractivity contribution in [2.24, 2.45) is 0 Å². The Balaban J connectivity index is 3.33. The third-order valence-corrected chi connectivity index (χ3v) is 1.52. The summed E-state index contributed by atoms with van der Waals surface area (Å²) in [5.74, 6) is 0. The molecule has 0 atom stereocenters.